The molecule has 0 fully saturated rings. The molecule has 0 saturated heterocycles. The summed E-state index contributed by atoms with van der Waals surface area (Å²) in [6, 6.07) is 10.8. The van der Waals surface area contributed by atoms with E-state index in [9.17, 15) is 5.11 Å². The highest BCUT2D eigenvalue weighted by Crippen LogP contribution is 2.16. The Labute approximate surface area is 117 Å². The van der Waals surface area contributed by atoms with Crippen molar-refractivity contribution in [3.05, 3.63) is 42.1 Å². The Bertz CT molecular complexity index is 603. The number of aromatic nitrogens is 2. The Morgan fingerprint density at radius 3 is 2.95 bits per heavy atom. The van der Waals surface area contributed by atoms with Crippen LogP contribution in [-0.4, -0.2) is 34.1 Å². The zero-order valence-electron chi connectivity index (χ0n) is 11.2. The molecule has 1 atom stereocenters. The van der Waals surface area contributed by atoms with Gasteiger partial charge in [-0.1, -0.05) is 12.1 Å². The molecule has 0 amide bonds. The van der Waals surface area contributed by atoms with E-state index in [0.29, 0.717) is 23.7 Å². The van der Waals surface area contributed by atoms with Crippen molar-refractivity contribution in [2.75, 3.05) is 18.5 Å². The van der Waals surface area contributed by atoms with Gasteiger partial charge in [0.25, 0.3) is 0 Å². The van der Waals surface area contributed by atoms with Gasteiger partial charge in [-0.05, 0) is 12.1 Å². The highest BCUT2D eigenvalue weighted by Gasteiger charge is 2.08. The molecule has 1 unspecified atom stereocenters. The van der Waals surface area contributed by atoms with Gasteiger partial charge < -0.3 is 15.2 Å². The van der Waals surface area contributed by atoms with Crippen LogP contribution >= 0.6 is 0 Å². The van der Waals surface area contributed by atoms with Gasteiger partial charge in [-0.25, -0.2) is 0 Å². The van der Waals surface area contributed by atoms with Crippen molar-refractivity contribution >= 4 is 5.82 Å². The molecule has 6 nitrogen and oxygen atoms in total. The van der Waals surface area contributed by atoms with Crippen molar-refractivity contribution in [2.45, 2.75) is 6.10 Å². The van der Waals surface area contributed by atoms with Crippen LogP contribution in [0.2, 0.25) is 0 Å². The average molecular weight is 272 g/mol. The van der Waals surface area contributed by atoms with Crippen LogP contribution in [0.15, 0.2) is 36.5 Å². The third kappa shape index (κ3) is 3.73. The Morgan fingerprint density at radius 2 is 2.25 bits per heavy atom. The number of ether oxygens (including phenoxy) is 1. The van der Waals surface area contributed by atoms with Gasteiger partial charge in [0.05, 0.1) is 5.56 Å². The fraction of sp³-hybridized carbons (Fsp3) is 0.286. The summed E-state index contributed by atoms with van der Waals surface area (Å²) in [4.78, 5) is 0. The average Bonchev–Trinajstić information content (AvgIpc) is 2.89. The van der Waals surface area contributed by atoms with Crippen LogP contribution in [0.3, 0.4) is 0 Å². The zero-order valence-corrected chi connectivity index (χ0v) is 11.2. The van der Waals surface area contributed by atoms with Gasteiger partial charge in [0.15, 0.2) is 0 Å². The largest absolute Gasteiger partial charge is 0.489 e. The van der Waals surface area contributed by atoms with Crippen molar-refractivity contribution in [1.29, 1.82) is 5.26 Å². The molecule has 0 spiro atoms. The van der Waals surface area contributed by atoms with Gasteiger partial charge >= 0.3 is 0 Å². The Balaban J connectivity index is 1.80. The molecule has 0 radical (unpaired) electrons. The summed E-state index contributed by atoms with van der Waals surface area (Å²) in [5, 5.41) is 25.9. The van der Waals surface area contributed by atoms with E-state index in [0.717, 1.165) is 0 Å². The van der Waals surface area contributed by atoms with Crippen molar-refractivity contribution in [3.63, 3.8) is 0 Å². The Hall–Kier alpha value is -2.52. The monoisotopic (exact) mass is 272 g/mol. The Morgan fingerprint density at radius 1 is 1.45 bits per heavy atom. The summed E-state index contributed by atoms with van der Waals surface area (Å²) in [7, 11) is 1.82. The summed E-state index contributed by atoms with van der Waals surface area (Å²) in [6.07, 6.45) is 1.12. The fourth-order valence-electron chi connectivity index (χ4n) is 1.66. The van der Waals surface area contributed by atoms with E-state index in [1.165, 1.54) is 0 Å². The topological polar surface area (TPSA) is 83.1 Å². The second kappa shape index (κ2) is 6.59. The van der Waals surface area contributed by atoms with Crippen molar-refractivity contribution in [3.8, 4) is 11.8 Å². The van der Waals surface area contributed by atoms with Crippen LogP contribution in [0.4, 0.5) is 5.82 Å². The van der Waals surface area contributed by atoms with Crippen molar-refractivity contribution in [2.24, 2.45) is 7.05 Å². The second-order valence-electron chi connectivity index (χ2n) is 4.33. The minimum absolute atomic E-state index is 0.110. The number of nitrogens with zero attached hydrogens (tertiary/aromatic N) is 3. The SMILES string of the molecule is Cn1ccc(NCC(O)COc2ccccc2C#N)n1. The van der Waals surface area contributed by atoms with E-state index in [4.69, 9.17) is 10.00 Å². The molecule has 0 aliphatic carbocycles. The molecule has 1 aromatic heterocycles. The number of aliphatic hydroxyl groups is 1. The number of hydrogen-bond donors (Lipinski definition) is 2. The zero-order chi connectivity index (χ0) is 14.4. The van der Waals surface area contributed by atoms with Gasteiger partial charge in [0.2, 0.25) is 0 Å². The minimum Gasteiger partial charge on any atom is -0.489 e. The van der Waals surface area contributed by atoms with Crippen LogP contribution in [0.5, 0.6) is 5.75 Å². The number of aryl methyl sites for hydroxylation is 1. The van der Waals surface area contributed by atoms with E-state index < -0.39 is 6.10 Å². The first-order valence-electron chi connectivity index (χ1n) is 6.22. The summed E-state index contributed by atoms with van der Waals surface area (Å²) in [6.45, 7) is 0.435. The summed E-state index contributed by atoms with van der Waals surface area (Å²) in [5.74, 6) is 1.18. The maximum Gasteiger partial charge on any atom is 0.148 e. The molecule has 2 N–H and O–H groups in total. The highest BCUT2D eigenvalue weighted by atomic mass is 16.5. The van der Waals surface area contributed by atoms with Crippen molar-refractivity contribution in [1.82, 2.24) is 9.78 Å². The number of para-hydroxylation sites is 1. The summed E-state index contributed by atoms with van der Waals surface area (Å²) < 4.78 is 7.12. The number of hydrogen-bond acceptors (Lipinski definition) is 5. The number of nitrogens with one attached hydrogen (secondary N) is 1. The number of benzene rings is 1. The molecule has 0 saturated carbocycles. The van der Waals surface area contributed by atoms with Gasteiger partial charge in [0.1, 0.15) is 30.3 Å². The lowest BCUT2D eigenvalue weighted by Gasteiger charge is -2.13. The molecule has 0 aliphatic rings. The van der Waals surface area contributed by atoms with E-state index >= 15 is 0 Å². The Kier molecular flexibility index (Phi) is 4.58. The third-order valence-electron chi connectivity index (χ3n) is 2.67. The predicted molar refractivity (Wildman–Crippen MR) is 74.4 cm³/mol. The number of nitriles is 1. The molecule has 20 heavy (non-hydrogen) atoms. The van der Waals surface area contributed by atoms with Gasteiger partial charge in [-0.3, -0.25) is 4.68 Å². The number of anilines is 1. The number of rotatable bonds is 6. The first kappa shape index (κ1) is 13.9. The standard InChI is InChI=1S/C14H16N4O2/c1-18-7-6-14(17-18)16-9-12(19)10-20-13-5-3-2-4-11(13)8-15/h2-7,12,19H,9-10H2,1H3,(H,16,17). The molecule has 2 rings (SSSR count). The fourth-order valence-corrected chi connectivity index (χ4v) is 1.66. The van der Waals surface area contributed by atoms with Crippen LogP contribution in [0.25, 0.3) is 0 Å². The van der Waals surface area contributed by atoms with E-state index in [1.54, 1.807) is 28.9 Å². The normalized spacial score (nSPS) is 11.7. The maximum atomic E-state index is 9.84. The summed E-state index contributed by atoms with van der Waals surface area (Å²) in [5.41, 5.74) is 0.456. The van der Waals surface area contributed by atoms with Crippen LogP contribution < -0.4 is 10.1 Å². The first-order chi connectivity index (χ1) is 9.69. The van der Waals surface area contributed by atoms with Crippen LogP contribution in [0, 0.1) is 11.3 Å². The predicted octanol–water partition coefficient (Wildman–Crippen LogP) is 1.14. The highest BCUT2D eigenvalue weighted by molar-refractivity contribution is 5.42. The molecule has 1 aromatic carbocycles. The molecular weight excluding hydrogens is 256 g/mol. The quantitative estimate of drug-likeness (QED) is 0.824. The molecule has 1 heterocycles. The molecule has 0 bridgehead atoms. The van der Waals surface area contributed by atoms with E-state index in [1.807, 2.05) is 25.4 Å². The lowest BCUT2D eigenvalue weighted by atomic mass is 10.2. The van der Waals surface area contributed by atoms with Crippen molar-refractivity contribution < 1.29 is 9.84 Å². The molecule has 6 heteroatoms. The second-order valence-corrected chi connectivity index (χ2v) is 4.33. The first-order valence-corrected chi connectivity index (χ1v) is 6.22. The smallest absolute Gasteiger partial charge is 0.148 e. The van der Waals surface area contributed by atoms with Gasteiger partial charge in [-0.15, -0.1) is 0 Å². The van der Waals surface area contributed by atoms with Gasteiger partial charge in [0, 0.05) is 25.9 Å². The van der Waals surface area contributed by atoms with E-state index in [-0.39, 0.29) is 6.61 Å². The minimum atomic E-state index is -0.691. The molecule has 0 aliphatic heterocycles. The van der Waals surface area contributed by atoms with Crippen LogP contribution in [0.1, 0.15) is 5.56 Å². The molecular formula is C14H16N4O2. The van der Waals surface area contributed by atoms with E-state index in [2.05, 4.69) is 10.4 Å². The maximum absolute atomic E-state index is 9.84. The molecule has 104 valence electrons. The van der Waals surface area contributed by atoms with Gasteiger partial charge in [-0.2, -0.15) is 10.4 Å². The lowest BCUT2D eigenvalue weighted by molar-refractivity contribution is 0.117. The number of aliphatic hydroxyl groups excluding tert-OH is 1. The summed E-state index contributed by atoms with van der Waals surface area (Å²) >= 11 is 0. The van der Waals surface area contributed by atoms with Crippen LogP contribution in [-0.2, 0) is 7.05 Å². The third-order valence-corrected chi connectivity index (χ3v) is 2.67. The molecule has 2 aromatic rings. The lowest BCUT2D eigenvalue weighted by Crippen LogP contribution is -2.26.